The number of hydrogen-bond acceptors (Lipinski definition) is 4. The van der Waals surface area contributed by atoms with Crippen LogP contribution in [-0.4, -0.2) is 18.4 Å². The molecule has 0 aliphatic carbocycles. The van der Waals surface area contributed by atoms with E-state index < -0.39 is 0 Å². The molecule has 20 heavy (non-hydrogen) atoms. The first-order valence-electron chi connectivity index (χ1n) is 5.72. The Bertz CT molecular complexity index is 628. The van der Waals surface area contributed by atoms with Crippen LogP contribution in [0.15, 0.2) is 41.5 Å². The molecule has 0 unspecified atom stereocenters. The predicted molar refractivity (Wildman–Crippen MR) is 82.3 cm³/mol. The van der Waals surface area contributed by atoms with Crippen LogP contribution < -0.4 is 10.2 Å². The third-order valence-electron chi connectivity index (χ3n) is 2.58. The lowest BCUT2D eigenvalue weighted by molar-refractivity contribution is 0.373. The minimum absolute atomic E-state index is 0.0540. The molecular weight excluding hydrogens is 299 g/mol. The molecule has 0 spiro atoms. The largest absolute Gasteiger partial charge is 0.504 e. The number of halogens is 2. The fraction of sp³-hybridized carbons (Fsp3) is 0.0714. The Morgan fingerprint density at radius 2 is 1.85 bits per heavy atom. The summed E-state index contributed by atoms with van der Waals surface area (Å²) in [4.78, 5) is 0. The maximum atomic E-state index is 9.96. The summed E-state index contributed by atoms with van der Waals surface area (Å²) in [5, 5.41) is 15.0. The van der Waals surface area contributed by atoms with E-state index in [0.29, 0.717) is 21.4 Å². The smallest absolute Gasteiger partial charge is 0.168 e. The van der Waals surface area contributed by atoms with Gasteiger partial charge in [-0.3, -0.25) is 5.43 Å². The number of methoxy groups -OCH3 is 1. The minimum atomic E-state index is -0.0540. The summed E-state index contributed by atoms with van der Waals surface area (Å²) in [6, 6.07) is 10.3. The number of aromatic hydroxyl groups is 1. The molecule has 0 aliphatic rings. The zero-order chi connectivity index (χ0) is 14.5. The van der Waals surface area contributed by atoms with E-state index in [0.717, 1.165) is 5.69 Å². The van der Waals surface area contributed by atoms with Crippen LogP contribution in [0.25, 0.3) is 0 Å². The fourth-order valence-electron chi connectivity index (χ4n) is 1.55. The van der Waals surface area contributed by atoms with E-state index in [1.807, 2.05) is 0 Å². The zero-order valence-electron chi connectivity index (χ0n) is 10.6. The van der Waals surface area contributed by atoms with Crippen molar-refractivity contribution in [3.8, 4) is 11.5 Å². The van der Waals surface area contributed by atoms with Gasteiger partial charge in [-0.1, -0.05) is 23.2 Å². The number of phenols is 1. The van der Waals surface area contributed by atoms with Crippen LogP contribution in [0.2, 0.25) is 10.0 Å². The SMILES string of the molecule is COc1ccc(Cl)c(/C=N/Nc2ccc(Cl)cc2)c1O. The molecule has 104 valence electrons. The summed E-state index contributed by atoms with van der Waals surface area (Å²) >= 11 is 11.8. The van der Waals surface area contributed by atoms with Crippen molar-refractivity contribution in [3.05, 3.63) is 52.0 Å². The van der Waals surface area contributed by atoms with Gasteiger partial charge < -0.3 is 9.84 Å². The second kappa shape index (κ2) is 6.50. The molecule has 2 rings (SSSR count). The van der Waals surface area contributed by atoms with Crippen molar-refractivity contribution in [1.82, 2.24) is 0 Å². The van der Waals surface area contributed by atoms with Crippen molar-refractivity contribution in [3.63, 3.8) is 0 Å². The topological polar surface area (TPSA) is 53.8 Å². The van der Waals surface area contributed by atoms with Gasteiger partial charge in [0.05, 0.1) is 29.6 Å². The zero-order valence-corrected chi connectivity index (χ0v) is 12.1. The lowest BCUT2D eigenvalue weighted by atomic mass is 10.2. The van der Waals surface area contributed by atoms with Crippen LogP contribution in [0.5, 0.6) is 11.5 Å². The molecule has 0 heterocycles. The van der Waals surface area contributed by atoms with Gasteiger partial charge in [0, 0.05) is 5.02 Å². The molecule has 0 radical (unpaired) electrons. The van der Waals surface area contributed by atoms with Gasteiger partial charge in [-0.05, 0) is 36.4 Å². The van der Waals surface area contributed by atoms with Crippen molar-refractivity contribution >= 4 is 35.1 Å². The first-order valence-corrected chi connectivity index (χ1v) is 6.47. The van der Waals surface area contributed by atoms with E-state index >= 15 is 0 Å². The molecule has 0 amide bonds. The molecule has 0 fully saturated rings. The highest BCUT2D eigenvalue weighted by molar-refractivity contribution is 6.33. The van der Waals surface area contributed by atoms with E-state index in [4.69, 9.17) is 27.9 Å². The average molecular weight is 311 g/mol. The number of hydrogen-bond donors (Lipinski definition) is 2. The number of ether oxygens (including phenoxy) is 1. The maximum absolute atomic E-state index is 9.96. The predicted octanol–water partition coefficient (Wildman–Crippen LogP) is 4.15. The van der Waals surface area contributed by atoms with Crippen LogP contribution in [0, 0.1) is 0 Å². The molecule has 0 aromatic heterocycles. The summed E-state index contributed by atoms with van der Waals surface area (Å²) in [7, 11) is 1.47. The first kappa shape index (κ1) is 14.5. The highest BCUT2D eigenvalue weighted by Gasteiger charge is 2.10. The van der Waals surface area contributed by atoms with Crippen LogP contribution >= 0.6 is 23.2 Å². The van der Waals surface area contributed by atoms with E-state index in [1.165, 1.54) is 13.3 Å². The molecule has 2 N–H and O–H groups in total. The lowest BCUT2D eigenvalue weighted by Gasteiger charge is -2.07. The monoisotopic (exact) mass is 310 g/mol. The number of anilines is 1. The van der Waals surface area contributed by atoms with E-state index in [9.17, 15) is 5.11 Å². The Morgan fingerprint density at radius 3 is 2.50 bits per heavy atom. The Hall–Kier alpha value is -1.91. The van der Waals surface area contributed by atoms with Crippen molar-refractivity contribution < 1.29 is 9.84 Å². The van der Waals surface area contributed by atoms with Crippen molar-refractivity contribution in [2.24, 2.45) is 5.10 Å². The number of hydrazone groups is 1. The second-order valence-electron chi connectivity index (χ2n) is 3.89. The number of nitrogens with zero attached hydrogens (tertiary/aromatic N) is 1. The van der Waals surface area contributed by atoms with E-state index in [2.05, 4.69) is 10.5 Å². The van der Waals surface area contributed by atoms with E-state index in [1.54, 1.807) is 36.4 Å². The number of rotatable bonds is 4. The summed E-state index contributed by atoms with van der Waals surface area (Å²) in [5.74, 6) is 0.281. The minimum Gasteiger partial charge on any atom is -0.504 e. The Balaban J connectivity index is 2.17. The summed E-state index contributed by atoms with van der Waals surface area (Å²) in [5.41, 5.74) is 3.96. The molecule has 2 aromatic rings. The van der Waals surface area contributed by atoms with Crippen LogP contribution in [0.3, 0.4) is 0 Å². The Labute approximate surface area is 126 Å². The molecule has 0 saturated carbocycles. The molecule has 2 aromatic carbocycles. The quantitative estimate of drug-likeness (QED) is 0.658. The second-order valence-corrected chi connectivity index (χ2v) is 4.73. The average Bonchev–Trinajstić information content (AvgIpc) is 2.44. The van der Waals surface area contributed by atoms with Gasteiger partial charge >= 0.3 is 0 Å². The third kappa shape index (κ3) is 3.35. The highest BCUT2D eigenvalue weighted by Crippen LogP contribution is 2.33. The van der Waals surface area contributed by atoms with Crippen molar-refractivity contribution in [1.29, 1.82) is 0 Å². The van der Waals surface area contributed by atoms with Crippen LogP contribution in [-0.2, 0) is 0 Å². The van der Waals surface area contributed by atoms with Crippen LogP contribution in [0.1, 0.15) is 5.56 Å². The number of phenolic OH excluding ortho intramolecular Hbond substituents is 1. The Kier molecular flexibility index (Phi) is 4.71. The van der Waals surface area contributed by atoms with Crippen molar-refractivity contribution in [2.75, 3.05) is 12.5 Å². The summed E-state index contributed by atoms with van der Waals surface area (Å²) < 4.78 is 5.01. The standard InChI is InChI=1S/C14H12Cl2N2O2/c1-20-13-7-6-12(16)11(14(13)19)8-17-18-10-4-2-9(15)3-5-10/h2-8,18-19H,1H3/b17-8+. The maximum Gasteiger partial charge on any atom is 0.168 e. The molecule has 4 nitrogen and oxygen atoms in total. The highest BCUT2D eigenvalue weighted by atomic mass is 35.5. The summed E-state index contributed by atoms with van der Waals surface area (Å²) in [6.45, 7) is 0. The molecule has 0 atom stereocenters. The molecule has 0 saturated heterocycles. The third-order valence-corrected chi connectivity index (χ3v) is 3.16. The van der Waals surface area contributed by atoms with E-state index in [-0.39, 0.29) is 5.75 Å². The normalized spacial score (nSPS) is 10.8. The van der Waals surface area contributed by atoms with Gasteiger partial charge in [0.25, 0.3) is 0 Å². The lowest BCUT2D eigenvalue weighted by Crippen LogP contribution is -1.93. The van der Waals surface area contributed by atoms with Gasteiger partial charge in [-0.15, -0.1) is 0 Å². The number of benzene rings is 2. The van der Waals surface area contributed by atoms with Gasteiger partial charge in [0.2, 0.25) is 0 Å². The van der Waals surface area contributed by atoms with Gasteiger partial charge in [0.15, 0.2) is 11.5 Å². The Morgan fingerprint density at radius 1 is 1.15 bits per heavy atom. The summed E-state index contributed by atoms with van der Waals surface area (Å²) in [6.07, 6.45) is 1.43. The van der Waals surface area contributed by atoms with Crippen LogP contribution in [0.4, 0.5) is 5.69 Å². The molecular formula is C14H12Cl2N2O2. The van der Waals surface area contributed by atoms with Gasteiger partial charge in [-0.25, -0.2) is 0 Å². The first-order chi connectivity index (χ1) is 9.61. The van der Waals surface area contributed by atoms with Gasteiger partial charge in [0.1, 0.15) is 0 Å². The molecule has 0 bridgehead atoms. The van der Waals surface area contributed by atoms with Crippen molar-refractivity contribution in [2.45, 2.75) is 0 Å². The molecule has 0 aliphatic heterocycles. The fourth-order valence-corrected chi connectivity index (χ4v) is 1.87. The van der Waals surface area contributed by atoms with Gasteiger partial charge in [-0.2, -0.15) is 5.10 Å². The molecule has 6 heteroatoms. The number of nitrogens with one attached hydrogen (secondary N) is 1.